The minimum atomic E-state index is 0.380. The number of ether oxygens (including phenoxy) is 1. The quantitative estimate of drug-likeness (QED) is 0.836. The standard InChI is InChI=1S/C16H23Cl2NO/c1-2-19-13(11-14-7-3-4-9-20-14)10-12-6-5-8-15(17)16(12)18/h5-6,8,13-14,19H,2-4,7,9-11H2,1H3. The molecule has 0 bridgehead atoms. The van der Waals surface area contributed by atoms with Crippen LogP contribution in [0.5, 0.6) is 0 Å². The van der Waals surface area contributed by atoms with Crippen LogP contribution in [0.3, 0.4) is 0 Å². The van der Waals surface area contributed by atoms with Crippen molar-refractivity contribution in [3.8, 4) is 0 Å². The lowest BCUT2D eigenvalue weighted by atomic mass is 9.97. The van der Waals surface area contributed by atoms with Crippen LogP contribution in [0.2, 0.25) is 10.0 Å². The third kappa shape index (κ3) is 4.63. The average Bonchev–Trinajstić information content (AvgIpc) is 2.45. The van der Waals surface area contributed by atoms with Gasteiger partial charge in [-0.1, -0.05) is 42.3 Å². The summed E-state index contributed by atoms with van der Waals surface area (Å²) >= 11 is 12.4. The normalized spacial score (nSPS) is 20.9. The van der Waals surface area contributed by atoms with Gasteiger partial charge in [0.15, 0.2) is 0 Å². The Hall–Kier alpha value is -0.280. The molecule has 1 aromatic rings. The summed E-state index contributed by atoms with van der Waals surface area (Å²) in [5.74, 6) is 0. The lowest BCUT2D eigenvalue weighted by Crippen LogP contribution is -2.36. The summed E-state index contributed by atoms with van der Waals surface area (Å²) in [5, 5.41) is 4.86. The molecule has 1 aliphatic heterocycles. The van der Waals surface area contributed by atoms with Gasteiger partial charge in [-0.05, 0) is 50.3 Å². The van der Waals surface area contributed by atoms with Gasteiger partial charge in [0.1, 0.15) is 0 Å². The van der Waals surface area contributed by atoms with Crippen LogP contribution in [-0.4, -0.2) is 25.3 Å². The van der Waals surface area contributed by atoms with E-state index in [0.717, 1.165) is 31.6 Å². The lowest BCUT2D eigenvalue weighted by Gasteiger charge is -2.27. The molecule has 1 fully saturated rings. The summed E-state index contributed by atoms with van der Waals surface area (Å²) in [6, 6.07) is 6.24. The van der Waals surface area contributed by atoms with Crippen molar-refractivity contribution in [3.63, 3.8) is 0 Å². The minimum absolute atomic E-state index is 0.380. The summed E-state index contributed by atoms with van der Waals surface area (Å²) in [6.07, 6.45) is 5.96. The maximum Gasteiger partial charge on any atom is 0.0624 e. The molecule has 1 saturated heterocycles. The van der Waals surface area contributed by atoms with Gasteiger partial charge in [-0.3, -0.25) is 0 Å². The van der Waals surface area contributed by atoms with Crippen LogP contribution in [0.15, 0.2) is 18.2 Å². The predicted molar refractivity (Wildman–Crippen MR) is 85.8 cm³/mol. The molecule has 0 aliphatic carbocycles. The number of rotatable bonds is 6. The SMILES string of the molecule is CCNC(Cc1cccc(Cl)c1Cl)CC1CCCCO1. The molecular formula is C16H23Cl2NO. The van der Waals surface area contributed by atoms with Gasteiger partial charge in [-0.2, -0.15) is 0 Å². The summed E-state index contributed by atoms with van der Waals surface area (Å²) in [7, 11) is 0. The molecule has 2 atom stereocenters. The van der Waals surface area contributed by atoms with Crippen molar-refractivity contribution in [1.29, 1.82) is 0 Å². The van der Waals surface area contributed by atoms with E-state index in [1.54, 1.807) is 0 Å². The molecule has 0 amide bonds. The van der Waals surface area contributed by atoms with Gasteiger partial charge >= 0.3 is 0 Å². The Morgan fingerprint density at radius 3 is 2.90 bits per heavy atom. The molecule has 0 saturated carbocycles. The first-order chi connectivity index (χ1) is 9.70. The van der Waals surface area contributed by atoms with E-state index in [1.807, 2.05) is 12.1 Å². The Bertz CT molecular complexity index is 419. The van der Waals surface area contributed by atoms with Crippen molar-refractivity contribution in [2.24, 2.45) is 0 Å². The number of halogens is 2. The molecule has 20 heavy (non-hydrogen) atoms. The molecule has 112 valence electrons. The molecule has 0 spiro atoms. The van der Waals surface area contributed by atoms with E-state index in [-0.39, 0.29) is 0 Å². The van der Waals surface area contributed by atoms with Crippen LogP contribution in [0.25, 0.3) is 0 Å². The van der Waals surface area contributed by atoms with Crippen molar-refractivity contribution < 1.29 is 4.74 Å². The maximum atomic E-state index is 6.29. The zero-order chi connectivity index (χ0) is 14.4. The third-order valence-corrected chi connectivity index (χ3v) is 4.67. The van der Waals surface area contributed by atoms with Crippen molar-refractivity contribution in [3.05, 3.63) is 33.8 Å². The highest BCUT2D eigenvalue weighted by Gasteiger charge is 2.20. The van der Waals surface area contributed by atoms with Gasteiger partial charge in [0.05, 0.1) is 16.1 Å². The largest absolute Gasteiger partial charge is 0.378 e. The molecule has 0 radical (unpaired) electrons. The highest BCUT2D eigenvalue weighted by molar-refractivity contribution is 6.42. The van der Waals surface area contributed by atoms with Gasteiger partial charge in [0, 0.05) is 12.6 Å². The van der Waals surface area contributed by atoms with Gasteiger partial charge in [-0.15, -0.1) is 0 Å². The highest BCUT2D eigenvalue weighted by Crippen LogP contribution is 2.27. The highest BCUT2D eigenvalue weighted by atomic mass is 35.5. The lowest BCUT2D eigenvalue weighted by molar-refractivity contribution is 0.00535. The number of nitrogens with one attached hydrogen (secondary N) is 1. The Morgan fingerprint density at radius 2 is 2.20 bits per heavy atom. The van der Waals surface area contributed by atoms with E-state index in [2.05, 4.69) is 18.3 Å². The Kier molecular flexibility index (Phi) is 6.63. The van der Waals surface area contributed by atoms with Crippen LogP contribution in [0, 0.1) is 0 Å². The number of hydrogen-bond acceptors (Lipinski definition) is 2. The number of hydrogen-bond donors (Lipinski definition) is 1. The summed E-state index contributed by atoms with van der Waals surface area (Å²) in [5.41, 5.74) is 1.11. The Labute approximate surface area is 131 Å². The molecule has 1 N–H and O–H groups in total. The fraction of sp³-hybridized carbons (Fsp3) is 0.625. The van der Waals surface area contributed by atoms with E-state index in [4.69, 9.17) is 27.9 Å². The zero-order valence-electron chi connectivity index (χ0n) is 12.0. The second-order valence-electron chi connectivity index (χ2n) is 5.40. The van der Waals surface area contributed by atoms with Crippen molar-refractivity contribution in [2.75, 3.05) is 13.2 Å². The molecule has 2 unspecified atom stereocenters. The number of benzene rings is 1. The van der Waals surface area contributed by atoms with Gasteiger partial charge in [-0.25, -0.2) is 0 Å². The van der Waals surface area contributed by atoms with Crippen LogP contribution in [0.1, 0.15) is 38.2 Å². The Balaban J connectivity index is 1.98. The fourth-order valence-corrected chi connectivity index (χ4v) is 3.21. The van der Waals surface area contributed by atoms with Crippen molar-refractivity contribution in [1.82, 2.24) is 5.32 Å². The van der Waals surface area contributed by atoms with E-state index in [1.165, 1.54) is 19.3 Å². The van der Waals surface area contributed by atoms with Crippen LogP contribution in [-0.2, 0) is 11.2 Å². The van der Waals surface area contributed by atoms with E-state index < -0.39 is 0 Å². The number of likely N-dealkylation sites (N-methyl/N-ethyl adjacent to an activating group) is 1. The second-order valence-corrected chi connectivity index (χ2v) is 6.18. The summed E-state index contributed by atoms with van der Waals surface area (Å²) in [4.78, 5) is 0. The smallest absolute Gasteiger partial charge is 0.0624 e. The molecule has 1 heterocycles. The molecule has 2 rings (SSSR count). The molecule has 2 nitrogen and oxygen atoms in total. The molecule has 1 aromatic carbocycles. The molecule has 0 aromatic heterocycles. The fourth-order valence-electron chi connectivity index (χ4n) is 2.81. The van der Waals surface area contributed by atoms with Crippen molar-refractivity contribution >= 4 is 23.2 Å². The second kappa shape index (κ2) is 8.23. The summed E-state index contributed by atoms with van der Waals surface area (Å²) < 4.78 is 5.85. The van der Waals surface area contributed by atoms with Gasteiger partial charge in [0.2, 0.25) is 0 Å². The monoisotopic (exact) mass is 315 g/mol. The minimum Gasteiger partial charge on any atom is -0.378 e. The van der Waals surface area contributed by atoms with Crippen molar-refractivity contribution in [2.45, 2.75) is 51.2 Å². The van der Waals surface area contributed by atoms with E-state index in [0.29, 0.717) is 22.2 Å². The van der Waals surface area contributed by atoms with Gasteiger partial charge in [0.25, 0.3) is 0 Å². The molecule has 4 heteroatoms. The van der Waals surface area contributed by atoms with Crippen LogP contribution < -0.4 is 5.32 Å². The summed E-state index contributed by atoms with van der Waals surface area (Å²) in [6.45, 7) is 3.99. The first-order valence-electron chi connectivity index (χ1n) is 7.48. The van der Waals surface area contributed by atoms with Crippen LogP contribution in [0.4, 0.5) is 0 Å². The van der Waals surface area contributed by atoms with E-state index in [9.17, 15) is 0 Å². The topological polar surface area (TPSA) is 21.3 Å². The van der Waals surface area contributed by atoms with E-state index >= 15 is 0 Å². The predicted octanol–water partition coefficient (Wildman–Crippen LogP) is 4.47. The zero-order valence-corrected chi connectivity index (χ0v) is 13.5. The molecule has 1 aliphatic rings. The van der Waals surface area contributed by atoms with Crippen LogP contribution >= 0.6 is 23.2 Å². The first kappa shape index (κ1) is 16.1. The van der Waals surface area contributed by atoms with Gasteiger partial charge < -0.3 is 10.1 Å². The average molecular weight is 316 g/mol. The maximum absolute atomic E-state index is 6.29. The third-order valence-electron chi connectivity index (χ3n) is 3.81. The Morgan fingerprint density at radius 1 is 1.35 bits per heavy atom. The first-order valence-corrected chi connectivity index (χ1v) is 8.24. The molecular weight excluding hydrogens is 293 g/mol.